The van der Waals surface area contributed by atoms with Gasteiger partial charge in [-0.25, -0.2) is 0 Å². The summed E-state index contributed by atoms with van der Waals surface area (Å²) in [6, 6.07) is 0. The first-order valence-corrected chi connectivity index (χ1v) is 9.87. The molecule has 0 spiro atoms. The van der Waals surface area contributed by atoms with Gasteiger partial charge in [-0.3, -0.25) is 24.1 Å². The Morgan fingerprint density at radius 1 is 1.31 bits per heavy atom. The first-order valence-electron chi connectivity index (χ1n) is 9.87. The number of hydrogen-bond acceptors (Lipinski definition) is 8. The van der Waals surface area contributed by atoms with E-state index >= 15 is 0 Å². The lowest BCUT2D eigenvalue weighted by Crippen LogP contribution is -2.38. The van der Waals surface area contributed by atoms with Gasteiger partial charge in [-0.2, -0.15) is 0 Å². The number of ether oxygens (including phenoxy) is 3. The van der Waals surface area contributed by atoms with E-state index in [0.717, 1.165) is 4.90 Å². The fourth-order valence-electron chi connectivity index (χ4n) is 2.75. The molecule has 166 valence electrons. The molecule has 0 saturated carbocycles. The molecule has 1 heterocycles. The van der Waals surface area contributed by atoms with Crippen LogP contribution in [-0.4, -0.2) is 79.5 Å². The number of methoxy groups -OCH3 is 1. The number of imide groups is 1. The SMILES string of the molecule is CCC(CO)OC(COC(=O)CCCC(=O)NCCN1C(=O)CC(C)C1=O)OC. The molecule has 29 heavy (non-hydrogen) atoms. The zero-order chi connectivity index (χ0) is 21.8. The van der Waals surface area contributed by atoms with Gasteiger partial charge < -0.3 is 24.6 Å². The molecule has 0 aromatic rings. The number of carbonyl (C=O) groups is 4. The van der Waals surface area contributed by atoms with Crippen LogP contribution >= 0.6 is 0 Å². The van der Waals surface area contributed by atoms with Crippen molar-refractivity contribution in [2.75, 3.05) is 33.4 Å². The zero-order valence-electron chi connectivity index (χ0n) is 17.3. The summed E-state index contributed by atoms with van der Waals surface area (Å²) in [7, 11) is 1.41. The van der Waals surface area contributed by atoms with Crippen LogP contribution in [0.3, 0.4) is 0 Å². The molecule has 1 saturated heterocycles. The van der Waals surface area contributed by atoms with Gasteiger partial charge in [-0.15, -0.1) is 0 Å². The topological polar surface area (TPSA) is 131 Å². The van der Waals surface area contributed by atoms with E-state index in [9.17, 15) is 19.2 Å². The van der Waals surface area contributed by atoms with Gasteiger partial charge in [-0.1, -0.05) is 13.8 Å². The molecule has 2 N–H and O–H groups in total. The summed E-state index contributed by atoms with van der Waals surface area (Å²) in [5.41, 5.74) is 0. The Bertz CT molecular complexity index is 564. The van der Waals surface area contributed by atoms with E-state index in [0.29, 0.717) is 12.8 Å². The highest BCUT2D eigenvalue weighted by Gasteiger charge is 2.34. The van der Waals surface area contributed by atoms with E-state index in [2.05, 4.69) is 5.32 Å². The largest absolute Gasteiger partial charge is 0.460 e. The number of esters is 1. The maximum Gasteiger partial charge on any atom is 0.305 e. The molecule has 0 aromatic carbocycles. The third-order valence-corrected chi connectivity index (χ3v) is 4.56. The van der Waals surface area contributed by atoms with Crippen molar-refractivity contribution in [1.82, 2.24) is 10.2 Å². The molecule has 1 aliphatic heterocycles. The number of aliphatic hydroxyl groups is 1. The number of aliphatic hydroxyl groups excluding tert-OH is 1. The van der Waals surface area contributed by atoms with E-state index in [1.807, 2.05) is 6.92 Å². The second-order valence-electron chi connectivity index (χ2n) is 6.89. The fraction of sp³-hybridized carbons (Fsp3) is 0.789. The summed E-state index contributed by atoms with van der Waals surface area (Å²) in [6.45, 7) is 3.64. The number of likely N-dealkylation sites (tertiary alicyclic amines) is 1. The standard InChI is InChI=1S/C19H32N2O8/c1-4-14(11-22)29-18(27-3)12-28-17(25)7-5-6-15(23)20-8-9-21-16(24)10-13(2)19(21)26/h13-14,18,22H,4-12H2,1-3H3,(H,20,23). The highest BCUT2D eigenvalue weighted by Crippen LogP contribution is 2.17. The van der Waals surface area contributed by atoms with Gasteiger partial charge in [0.2, 0.25) is 17.7 Å². The minimum atomic E-state index is -0.766. The number of carbonyl (C=O) groups excluding carboxylic acids is 4. The molecule has 3 unspecified atom stereocenters. The van der Waals surface area contributed by atoms with Crippen LogP contribution in [0.5, 0.6) is 0 Å². The number of hydrogen-bond donors (Lipinski definition) is 2. The molecule has 0 aliphatic carbocycles. The van der Waals surface area contributed by atoms with Gasteiger partial charge in [0, 0.05) is 45.4 Å². The maximum atomic E-state index is 11.8. The Morgan fingerprint density at radius 2 is 2.03 bits per heavy atom. The van der Waals surface area contributed by atoms with Crippen LogP contribution in [0.25, 0.3) is 0 Å². The second kappa shape index (κ2) is 13.2. The number of nitrogens with zero attached hydrogens (tertiary/aromatic N) is 1. The van der Waals surface area contributed by atoms with E-state index in [4.69, 9.17) is 19.3 Å². The van der Waals surface area contributed by atoms with Crippen molar-refractivity contribution in [2.45, 2.75) is 58.3 Å². The van der Waals surface area contributed by atoms with Gasteiger partial charge in [0.25, 0.3) is 0 Å². The van der Waals surface area contributed by atoms with Crippen LogP contribution in [0.1, 0.15) is 46.0 Å². The van der Waals surface area contributed by atoms with Crippen LogP contribution in [0.15, 0.2) is 0 Å². The van der Waals surface area contributed by atoms with E-state index in [1.165, 1.54) is 7.11 Å². The normalized spacial score (nSPS) is 18.6. The summed E-state index contributed by atoms with van der Waals surface area (Å²) in [5, 5.41) is 11.7. The number of nitrogens with one attached hydrogen (secondary N) is 1. The van der Waals surface area contributed by atoms with E-state index in [-0.39, 0.29) is 69.2 Å². The highest BCUT2D eigenvalue weighted by atomic mass is 16.7. The van der Waals surface area contributed by atoms with Gasteiger partial charge in [-0.05, 0) is 12.8 Å². The summed E-state index contributed by atoms with van der Waals surface area (Å²) in [6.07, 6.45) is 0.133. The quantitative estimate of drug-likeness (QED) is 0.229. The zero-order valence-corrected chi connectivity index (χ0v) is 17.3. The van der Waals surface area contributed by atoms with E-state index < -0.39 is 18.4 Å². The summed E-state index contributed by atoms with van der Waals surface area (Å²) in [4.78, 5) is 48.2. The maximum absolute atomic E-state index is 11.8. The molecule has 0 radical (unpaired) electrons. The molecule has 1 fully saturated rings. The van der Waals surface area contributed by atoms with Gasteiger partial charge in [0.05, 0.1) is 12.7 Å². The predicted molar refractivity (Wildman–Crippen MR) is 101 cm³/mol. The van der Waals surface area contributed by atoms with Crippen molar-refractivity contribution in [3.05, 3.63) is 0 Å². The smallest absolute Gasteiger partial charge is 0.305 e. The molecule has 3 amide bonds. The molecule has 0 aromatic heterocycles. The fourth-order valence-corrected chi connectivity index (χ4v) is 2.75. The molecular weight excluding hydrogens is 384 g/mol. The second-order valence-corrected chi connectivity index (χ2v) is 6.89. The first-order chi connectivity index (χ1) is 13.8. The molecule has 3 atom stereocenters. The lowest BCUT2D eigenvalue weighted by molar-refractivity contribution is -0.194. The Morgan fingerprint density at radius 3 is 2.59 bits per heavy atom. The lowest BCUT2D eigenvalue weighted by Gasteiger charge is -2.21. The van der Waals surface area contributed by atoms with Crippen LogP contribution in [-0.2, 0) is 33.4 Å². The monoisotopic (exact) mass is 416 g/mol. The van der Waals surface area contributed by atoms with Crippen molar-refractivity contribution in [2.24, 2.45) is 5.92 Å². The lowest BCUT2D eigenvalue weighted by atomic mass is 10.1. The van der Waals surface area contributed by atoms with Crippen molar-refractivity contribution < 1.29 is 38.5 Å². The Kier molecular flexibility index (Phi) is 11.4. The molecule has 1 aliphatic rings. The summed E-state index contributed by atoms with van der Waals surface area (Å²) >= 11 is 0. The van der Waals surface area contributed by atoms with Crippen LogP contribution in [0, 0.1) is 5.92 Å². The molecular formula is C19H32N2O8. The third kappa shape index (κ3) is 8.88. The van der Waals surface area contributed by atoms with Crippen LogP contribution in [0.2, 0.25) is 0 Å². The minimum absolute atomic E-state index is 0.0572. The molecule has 10 heteroatoms. The van der Waals surface area contributed by atoms with Gasteiger partial charge in [0.15, 0.2) is 6.29 Å². The Hall–Kier alpha value is -2.04. The summed E-state index contributed by atoms with van der Waals surface area (Å²) < 4.78 is 15.6. The van der Waals surface area contributed by atoms with Crippen molar-refractivity contribution in [3.63, 3.8) is 0 Å². The summed E-state index contributed by atoms with van der Waals surface area (Å²) in [5.74, 6) is -1.49. The molecule has 0 bridgehead atoms. The van der Waals surface area contributed by atoms with Crippen molar-refractivity contribution in [3.8, 4) is 0 Å². The van der Waals surface area contributed by atoms with Gasteiger partial charge in [0.1, 0.15) is 6.61 Å². The first kappa shape index (κ1) is 25.0. The number of rotatable bonds is 14. The highest BCUT2D eigenvalue weighted by molar-refractivity contribution is 6.03. The van der Waals surface area contributed by atoms with Gasteiger partial charge >= 0.3 is 5.97 Å². The number of amides is 3. The average molecular weight is 416 g/mol. The van der Waals surface area contributed by atoms with Crippen molar-refractivity contribution >= 4 is 23.7 Å². The third-order valence-electron chi connectivity index (χ3n) is 4.56. The average Bonchev–Trinajstić information content (AvgIpc) is 2.94. The minimum Gasteiger partial charge on any atom is -0.460 e. The molecule has 1 rings (SSSR count). The Balaban J connectivity index is 2.16. The van der Waals surface area contributed by atoms with E-state index in [1.54, 1.807) is 6.92 Å². The van der Waals surface area contributed by atoms with Crippen molar-refractivity contribution in [1.29, 1.82) is 0 Å². The van der Waals surface area contributed by atoms with Crippen LogP contribution < -0.4 is 5.32 Å². The van der Waals surface area contributed by atoms with Crippen LogP contribution in [0.4, 0.5) is 0 Å². The predicted octanol–water partition coefficient (Wildman–Crippen LogP) is -0.0289. The Labute approximate surface area is 170 Å². The molecule has 10 nitrogen and oxygen atoms in total.